The van der Waals surface area contributed by atoms with Gasteiger partial charge >= 0.3 is 5.97 Å². The highest BCUT2D eigenvalue weighted by atomic mass is 32.1. The van der Waals surface area contributed by atoms with Crippen LogP contribution in [0.15, 0.2) is 54.6 Å². The molecule has 0 saturated carbocycles. The number of anilines is 1. The topological polar surface area (TPSA) is 70.6 Å². The van der Waals surface area contributed by atoms with Gasteiger partial charge in [-0.25, -0.2) is 0 Å². The van der Waals surface area contributed by atoms with E-state index in [-0.39, 0.29) is 6.42 Å². The molecule has 0 aliphatic carbocycles. The summed E-state index contributed by atoms with van der Waals surface area (Å²) in [6.45, 7) is 0. The molecule has 0 aromatic heterocycles. The van der Waals surface area contributed by atoms with E-state index in [2.05, 4.69) is 10.6 Å². The molecule has 0 bridgehead atoms. The second kappa shape index (κ2) is 8.14. The van der Waals surface area contributed by atoms with Crippen LogP contribution in [-0.4, -0.2) is 23.3 Å². The van der Waals surface area contributed by atoms with E-state index in [1.807, 2.05) is 48.5 Å². The van der Waals surface area contributed by atoms with Gasteiger partial charge < -0.3 is 20.5 Å². The van der Waals surface area contributed by atoms with Crippen LogP contribution in [0.3, 0.4) is 0 Å². The van der Waals surface area contributed by atoms with Crippen molar-refractivity contribution in [2.24, 2.45) is 0 Å². The molecule has 0 amide bonds. The van der Waals surface area contributed by atoms with Crippen LogP contribution in [0.5, 0.6) is 5.75 Å². The van der Waals surface area contributed by atoms with E-state index in [1.54, 1.807) is 13.2 Å². The lowest BCUT2D eigenvalue weighted by Gasteiger charge is -2.20. The Morgan fingerprint density at radius 3 is 2.61 bits per heavy atom. The molecule has 120 valence electrons. The maximum atomic E-state index is 11.1. The molecule has 0 radical (unpaired) electrons. The zero-order valence-corrected chi connectivity index (χ0v) is 13.5. The Balaban J connectivity index is 2.11. The van der Waals surface area contributed by atoms with Crippen LogP contribution < -0.4 is 15.4 Å². The van der Waals surface area contributed by atoms with E-state index >= 15 is 0 Å². The number of carboxylic acid groups (broad SMARTS) is 1. The summed E-state index contributed by atoms with van der Waals surface area (Å²) in [7, 11) is 1.57. The number of hydrogen-bond donors (Lipinski definition) is 3. The molecular weight excluding hydrogens is 312 g/mol. The minimum absolute atomic E-state index is 0.0935. The van der Waals surface area contributed by atoms with Crippen LogP contribution in [0.25, 0.3) is 0 Å². The molecule has 2 aromatic carbocycles. The number of benzene rings is 2. The summed E-state index contributed by atoms with van der Waals surface area (Å²) in [6.07, 6.45) is -0.0935. The zero-order valence-electron chi connectivity index (χ0n) is 12.7. The fourth-order valence-electron chi connectivity index (χ4n) is 2.13. The van der Waals surface area contributed by atoms with Crippen LogP contribution in [0.1, 0.15) is 18.0 Å². The van der Waals surface area contributed by atoms with Gasteiger partial charge in [0, 0.05) is 5.69 Å². The van der Waals surface area contributed by atoms with Gasteiger partial charge in [0.1, 0.15) is 5.75 Å². The zero-order chi connectivity index (χ0) is 16.7. The molecule has 0 fully saturated rings. The Hall–Kier alpha value is -2.60. The number of aliphatic carboxylic acids is 1. The number of carboxylic acids is 1. The number of thiocarbonyl (C=S) groups is 1. The molecule has 5 nitrogen and oxygen atoms in total. The first-order valence-electron chi connectivity index (χ1n) is 7.07. The van der Waals surface area contributed by atoms with Gasteiger partial charge in [0.25, 0.3) is 0 Å². The normalized spacial score (nSPS) is 11.3. The summed E-state index contributed by atoms with van der Waals surface area (Å²) >= 11 is 5.28. The maximum absolute atomic E-state index is 11.1. The van der Waals surface area contributed by atoms with Crippen molar-refractivity contribution in [3.8, 4) is 5.75 Å². The quantitative estimate of drug-likeness (QED) is 0.707. The molecule has 3 N–H and O–H groups in total. The van der Waals surface area contributed by atoms with Gasteiger partial charge in [-0.3, -0.25) is 4.79 Å². The summed E-state index contributed by atoms with van der Waals surface area (Å²) in [5.74, 6) is -0.241. The second-order valence-corrected chi connectivity index (χ2v) is 5.30. The highest BCUT2D eigenvalue weighted by Crippen LogP contribution is 2.22. The average Bonchev–Trinajstić information content (AvgIpc) is 2.54. The summed E-state index contributed by atoms with van der Waals surface area (Å²) in [6, 6.07) is 16.3. The van der Waals surface area contributed by atoms with Crippen LogP contribution in [-0.2, 0) is 4.79 Å². The first-order valence-corrected chi connectivity index (χ1v) is 7.47. The average molecular weight is 330 g/mol. The fourth-order valence-corrected chi connectivity index (χ4v) is 2.39. The van der Waals surface area contributed by atoms with Gasteiger partial charge in [-0.1, -0.05) is 30.3 Å². The van der Waals surface area contributed by atoms with E-state index in [0.29, 0.717) is 10.9 Å². The third-order valence-electron chi connectivity index (χ3n) is 3.21. The lowest BCUT2D eigenvalue weighted by molar-refractivity contribution is -0.137. The lowest BCUT2D eigenvalue weighted by atomic mass is 10.0. The smallest absolute Gasteiger partial charge is 0.305 e. The molecule has 23 heavy (non-hydrogen) atoms. The van der Waals surface area contributed by atoms with Gasteiger partial charge in [0.05, 0.1) is 19.6 Å². The predicted octanol–water partition coefficient (Wildman–Crippen LogP) is 3.20. The molecule has 2 rings (SSSR count). The van der Waals surface area contributed by atoms with Crippen molar-refractivity contribution in [1.82, 2.24) is 5.32 Å². The predicted molar refractivity (Wildman–Crippen MR) is 93.8 cm³/mol. The third kappa shape index (κ3) is 5.27. The van der Waals surface area contributed by atoms with Crippen LogP contribution in [0.4, 0.5) is 5.69 Å². The summed E-state index contributed by atoms with van der Waals surface area (Å²) in [4.78, 5) is 11.1. The Labute approximate surface area is 140 Å². The number of rotatable bonds is 6. The highest BCUT2D eigenvalue weighted by Gasteiger charge is 2.17. The summed E-state index contributed by atoms with van der Waals surface area (Å²) in [5.41, 5.74) is 1.63. The van der Waals surface area contributed by atoms with Gasteiger partial charge in [-0.15, -0.1) is 0 Å². The largest absolute Gasteiger partial charge is 0.497 e. The number of carbonyl (C=O) groups is 1. The SMILES string of the molecule is COc1cccc(C(CC(=O)O)NC(=S)Nc2ccccc2)c1. The van der Waals surface area contributed by atoms with E-state index in [4.69, 9.17) is 22.1 Å². The van der Waals surface area contributed by atoms with Gasteiger partial charge in [-0.2, -0.15) is 0 Å². The molecule has 2 aromatic rings. The standard InChI is InChI=1S/C17H18N2O3S/c1-22-14-9-5-6-12(10-14)15(11-16(20)21)19-17(23)18-13-7-3-2-4-8-13/h2-10,15H,11H2,1H3,(H,20,21)(H2,18,19,23). The van der Waals surface area contributed by atoms with Crippen molar-refractivity contribution >= 4 is 29.0 Å². The Morgan fingerprint density at radius 1 is 1.22 bits per heavy atom. The molecule has 1 atom stereocenters. The van der Waals surface area contributed by atoms with Crippen molar-refractivity contribution < 1.29 is 14.6 Å². The van der Waals surface area contributed by atoms with E-state index in [0.717, 1.165) is 11.3 Å². The van der Waals surface area contributed by atoms with Gasteiger partial charge in [0.2, 0.25) is 0 Å². The number of ether oxygens (including phenoxy) is 1. The van der Waals surface area contributed by atoms with Gasteiger partial charge in [0.15, 0.2) is 5.11 Å². The number of hydrogen-bond acceptors (Lipinski definition) is 3. The van der Waals surface area contributed by atoms with Crippen LogP contribution in [0, 0.1) is 0 Å². The highest BCUT2D eigenvalue weighted by molar-refractivity contribution is 7.80. The van der Waals surface area contributed by atoms with Crippen molar-refractivity contribution in [2.75, 3.05) is 12.4 Å². The minimum Gasteiger partial charge on any atom is -0.497 e. The van der Waals surface area contributed by atoms with Crippen molar-refractivity contribution in [3.05, 3.63) is 60.2 Å². The monoisotopic (exact) mass is 330 g/mol. The number of nitrogens with one attached hydrogen (secondary N) is 2. The summed E-state index contributed by atoms with van der Waals surface area (Å²) in [5, 5.41) is 15.6. The van der Waals surface area contributed by atoms with Crippen molar-refractivity contribution in [1.29, 1.82) is 0 Å². The number of para-hydroxylation sites is 1. The molecule has 0 aliphatic rings. The van der Waals surface area contributed by atoms with Crippen molar-refractivity contribution in [3.63, 3.8) is 0 Å². The summed E-state index contributed by atoms with van der Waals surface area (Å²) < 4.78 is 5.19. The van der Waals surface area contributed by atoms with Gasteiger partial charge in [-0.05, 0) is 42.0 Å². The fraction of sp³-hybridized carbons (Fsp3) is 0.176. The van der Waals surface area contributed by atoms with E-state index in [1.165, 1.54) is 0 Å². The lowest BCUT2D eigenvalue weighted by Crippen LogP contribution is -2.33. The Morgan fingerprint density at radius 2 is 1.96 bits per heavy atom. The minimum atomic E-state index is -0.909. The molecule has 0 heterocycles. The van der Waals surface area contributed by atoms with Crippen LogP contribution >= 0.6 is 12.2 Å². The molecule has 6 heteroatoms. The van der Waals surface area contributed by atoms with E-state index < -0.39 is 12.0 Å². The molecule has 1 unspecified atom stereocenters. The molecular formula is C17H18N2O3S. The molecule has 0 spiro atoms. The number of methoxy groups -OCH3 is 1. The van der Waals surface area contributed by atoms with Crippen LogP contribution in [0.2, 0.25) is 0 Å². The van der Waals surface area contributed by atoms with Crippen molar-refractivity contribution in [2.45, 2.75) is 12.5 Å². The Kier molecular flexibility index (Phi) is 5.94. The first-order chi connectivity index (χ1) is 11.1. The first kappa shape index (κ1) is 16.8. The van der Waals surface area contributed by atoms with E-state index in [9.17, 15) is 4.79 Å². The third-order valence-corrected chi connectivity index (χ3v) is 3.43. The molecule has 0 aliphatic heterocycles. The molecule has 0 saturated heterocycles. The Bertz CT molecular complexity index is 677. The maximum Gasteiger partial charge on any atom is 0.305 e. The second-order valence-electron chi connectivity index (χ2n) is 4.89.